The van der Waals surface area contributed by atoms with E-state index in [1.807, 2.05) is 36.4 Å². The Morgan fingerprint density at radius 3 is 2.29 bits per heavy atom. The van der Waals surface area contributed by atoms with E-state index in [-0.39, 0.29) is 5.41 Å². The quantitative estimate of drug-likeness (QED) is 0.441. The van der Waals surface area contributed by atoms with Crippen LogP contribution < -0.4 is 15.2 Å². The second-order valence-electron chi connectivity index (χ2n) is 7.97. The number of hydrogen-bond acceptors (Lipinski definition) is 3. The molecule has 2 N–H and O–H groups in total. The van der Waals surface area contributed by atoms with Crippen LogP contribution in [0, 0.1) is 6.92 Å². The minimum Gasteiger partial charge on any atom is -0.490 e. The molecule has 0 amide bonds. The van der Waals surface area contributed by atoms with E-state index in [9.17, 15) is 0 Å². The van der Waals surface area contributed by atoms with Crippen LogP contribution in [-0.2, 0) is 5.41 Å². The zero-order chi connectivity index (χ0) is 20.3. The lowest BCUT2D eigenvalue weighted by Crippen LogP contribution is -2.17. The molecule has 3 aromatic rings. The fraction of sp³-hybridized carbons (Fsp3) is 0.292. The number of hydrogen-bond donors (Lipinski definition) is 1. The molecule has 0 atom stereocenters. The predicted octanol–water partition coefficient (Wildman–Crippen LogP) is 5.54. The number of benzene rings is 3. The summed E-state index contributed by atoms with van der Waals surface area (Å²) in [6.45, 7) is 9.47. The Labute approximate surface area is 172 Å². The molecule has 0 radical (unpaired) electrons. The Morgan fingerprint density at radius 1 is 0.929 bits per heavy atom. The summed E-state index contributed by atoms with van der Waals surface area (Å²) in [5, 5.41) is 2.09. The second-order valence-corrected chi connectivity index (χ2v) is 8.41. The molecule has 0 fully saturated rings. The minimum absolute atomic E-state index is 0.0150. The first-order chi connectivity index (χ1) is 13.3. The normalized spacial score (nSPS) is 11.4. The van der Waals surface area contributed by atoms with Crippen LogP contribution in [0.4, 0.5) is 0 Å². The van der Waals surface area contributed by atoms with Crippen molar-refractivity contribution in [2.45, 2.75) is 33.1 Å². The third-order valence-corrected chi connectivity index (χ3v) is 4.88. The van der Waals surface area contributed by atoms with Crippen LogP contribution in [0.1, 0.15) is 37.5 Å². The molecule has 0 spiro atoms. The van der Waals surface area contributed by atoms with Gasteiger partial charge in [-0.1, -0.05) is 75.5 Å². The van der Waals surface area contributed by atoms with Crippen molar-refractivity contribution >= 4 is 28.0 Å². The number of aryl methyl sites for hydroxylation is 1. The third-order valence-electron chi connectivity index (χ3n) is 4.68. The third kappa shape index (κ3) is 4.45. The van der Waals surface area contributed by atoms with Gasteiger partial charge in [0.25, 0.3) is 0 Å². The van der Waals surface area contributed by atoms with Gasteiger partial charge < -0.3 is 15.2 Å². The van der Waals surface area contributed by atoms with Crippen LogP contribution in [0.15, 0.2) is 54.6 Å². The molecule has 0 saturated heterocycles. The molecule has 0 unspecified atom stereocenters. The predicted molar refractivity (Wildman–Crippen MR) is 121 cm³/mol. The van der Waals surface area contributed by atoms with Crippen LogP contribution >= 0.6 is 12.2 Å². The Kier molecular flexibility index (Phi) is 5.90. The number of thiocarbonyl (C=S) groups is 1. The van der Waals surface area contributed by atoms with Gasteiger partial charge in [0, 0.05) is 0 Å². The zero-order valence-electron chi connectivity index (χ0n) is 16.9. The first-order valence-corrected chi connectivity index (χ1v) is 9.86. The molecule has 28 heavy (non-hydrogen) atoms. The fourth-order valence-corrected chi connectivity index (χ4v) is 3.51. The van der Waals surface area contributed by atoms with E-state index in [4.69, 9.17) is 27.4 Å². The van der Waals surface area contributed by atoms with Crippen LogP contribution in [-0.4, -0.2) is 18.2 Å². The molecule has 0 saturated carbocycles. The molecule has 0 heterocycles. The standard InChI is InChI=1S/C24H27NO2S/c1-16-9-11-19(24(2,3)4)21(15-16)27-14-13-26-20-12-10-17-7-5-6-8-18(17)22(20)23(25)28/h5-12,15H,13-14H2,1-4H3,(H2,25,28). The van der Waals surface area contributed by atoms with Crippen LogP contribution in [0.25, 0.3) is 10.8 Å². The van der Waals surface area contributed by atoms with Gasteiger partial charge in [0.15, 0.2) is 0 Å². The highest BCUT2D eigenvalue weighted by atomic mass is 32.1. The molecule has 3 nitrogen and oxygen atoms in total. The van der Waals surface area contributed by atoms with Gasteiger partial charge in [0.2, 0.25) is 0 Å². The van der Waals surface area contributed by atoms with Gasteiger partial charge in [-0.05, 0) is 46.4 Å². The Bertz CT molecular complexity index is 1010. The summed E-state index contributed by atoms with van der Waals surface area (Å²) in [5.41, 5.74) is 9.14. The first kappa shape index (κ1) is 20.2. The molecule has 0 aliphatic heterocycles. The monoisotopic (exact) mass is 393 g/mol. The van der Waals surface area contributed by atoms with Crippen molar-refractivity contribution in [1.29, 1.82) is 0 Å². The maximum atomic E-state index is 6.06. The lowest BCUT2D eigenvalue weighted by atomic mass is 9.86. The zero-order valence-corrected chi connectivity index (χ0v) is 17.7. The minimum atomic E-state index is 0.0150. The van der Waals surface area contributed by atoms with Crippen LogP contribution in [0.2, 0.25) is 0 Å². The Balaban J connectivity index is 1.74. The van der Waals surface area contributed by atoms with Crippen molar-refractivity contribution in [1.82, 2.24) is 0 Å². The number of nitrogens with two attached hydrogens (primary N) is 1. The van der Waals surface area contributed by atoms with Crippen molar-refractivity contribution in [3.63, 3.8) is 0 Å². The average molecular weight is 394 g/mol. The highest BCUT2D eigenvalue weighted by Gasteiger charge is 2.19. The van der Waals surface area contributed by atoms with Crippen LogP contribution in [0.3, 0.4) is 0 Å². The van der Waals surface area contributed by atoms with Gasteiger partial charge in [0.1, 0.15) is 29.7 Å². The van der Waals surface area contributed by atoms with E-state index in [0.29, 0.717) is 24.0 Å². The maximum absolute atomic E-state index is 6.06. The molecule has 4 heteroatoms. The molecule has 146 valence electrons. The number of fused-ring (bicyclic) bond motifs is 1. The van der Waals surface area contributed by atoms with Crippen molar-refractivity contribution < 1.29 is 9.47 Å². The molecule has 0 aliphatic rings. The van der Waals surface area contributed by atoms with E-state index < -0.39 is 0 Å². The van der Waals surface area contributed by atoms with E-state index >= 15 is 0 Å². The average Bonchev–Trinajstić information content (AvgIpc) is 2.63. The molecule has 3 rings (SSSR count). The van der Waals surface area contributed by atoms with Gasteiger partial charge in [-0.2, -0.15) is 0 Å². The van der Waals surface area contributed by atoms with Crippen molar-refractivity contribution in [3.05, 3.63) is 71.3 Å². The summed E-state index contributed by atoms with van der Waals surface area (Å²) in [7, 11) is 0. The van der Waals surface area contributed by atoms with Crippen molar-refractivity contribution in [3.8, 4) is 11.5 Å². The molecular weight excluding hydrogens is 366 g/mol. The molecular formula is C24H27NO2S. The number of ether oxygens (including phenoxy) is 2. The van der Waals surface area contributed by atoms with Gasteiger partial charge in [-0.25, -0.2) is 0 Å². The van der Waals surface area contributed by atoms with E-state index in [1.165, 1.54) is 11.1 Å². The lowest BCUT2D eigenvalue weighted by Gasteiger charge is -2.23. The first-order valence-electron chi connectivity index (χ1n) is 9.45. The molecule has 0 aromatic heterocycles. The maximum Gasteiger partial charge on any atom is 0.130 e. The van der Waals surface area contributed by atoms with E-state index in [1.54, 1.807) is 0 Å². The Hall–Kier alpha value is -2.59. The smallest absolute Gasteiger partial charge is 0.130 e. The SMILES string of the molecule is Cc1ccc(C(C)(C)C)c(OCCOc2ccc3ccccc3c2C(N)=S)c1. The summed E-state index contributed by atoms with van der Waals surface area (Å²) in [5.74, 6) is 1.60. The largest absolute Gasteiger partial charge is 0.490 e. The van der Waals surface area contributed by atoms with E-state index in [2.05, 4.69) is 45.9 Å². The number of rotatable bonds is 6. The topological polar surface area (TPSA) is 44.5 Å². The highest BCUT2D eigenvalue weighted by Crippen LogP contribution is 2.32. The second kappa shape index (κ2) is 8.19. The van der Waals surface area contributed by atoms with Gasteiger partial charge >= 0.3 is 0 Å². The van der Waals surface area contributed by atoms with Crippen molar-refractivity contribution in [2.24, 2.45) is 5.73 Å². The summed E-state index contributed by atoms with van der Waals surface area (Å²) < 4.78 is 12.1. The molecule has 0 aliphatic carbocycles. The molecule has 3 aromatic carbocycles. The summed E-state index contributed by atoms with van der Waals surface area (Å²) in [6, 6.07) is 18.3. The fourth-order valence-electron chi connectivity index (χ4n) is 3.30. The summed E-state index contributed by atoms with van der Waals surface area (Å²) in [6.07, 6.45) is 0. The highest BCUT2D eigenvalue weighted by molar-refractivity contribution is 7.80. The van der Waals surface area contributed by atoms with Gasteiger partial charge in [-0.3, -0.25) is 0 Å². The van der Waals surface area contributed by atoms with Crippen LogP contribution in [0.5, 0.6) is 11.5 Å². The molecule has 0 bridgehead atoms. The Morgan fingerprint density at radius 2 is 1.61 bits per heavy atom. The van der Waals surface area contributed by atoms with E-state index in [0.717, 1.165) is 22.1 Å². The van der Waals surface area contributed by atoms with Gasteiger partial charge in [0.05, 0.1) is 5.56 Å². The van der Waals surface area contributed by atoms with Crippen molar-refractivity contribution in [2.75, 3.05) is 13.2 Å². The summed E-state index contributed by atoms with van der Waals surface area (Å²) >= 11 is 5.27. The van der Waals surface area contributed by atoms with Gasteiger partial charge in [-0.15, -0.1) is 0 Å². The lowest BCUT2D eigenvalue weighted by molar-refractivity contribution is 0.214. The summed E-state index contributed by atoms with van der Waals surface area (Å²) in [4.78, 5) is 0.335.